The van der Waals surface area contributed by atoms with Gasteiger partial charge >= 0.3 is 0 Å². The summed E-state index contributed by atoms with van der Waals surface area (Å²) in [5.74, 6) is 0.825. The van der Waals surface area contributed by atoms with Gasteiger partial charge in [-0.3, -0.25) is 4.90 Å². The molecule has 3 fully saturated rings. The van der Waals surface area contributed by atoms with Crippen molar-refractivity contribution in [2.45, 2.75) is 50.6 Å². The van der Waals surface area contributed by atoms with Crippen LogP contribution in [0.5, 0.6) is 0 Å². The van der Waals surface area contributed by atoms with Gasteiger partial charge in [-0.2, -0.15) is 0 Å². The van der Waals surface area contributed by atoms with E-state index < -0.39 is 0 Å². The van der Waals surface area contributed by atoms with E-state index in [2.05, 4.69) is 10.2 Å². The van der Waals surface area contributed by atoms with Crippen LogP contribution >= 0.6 is 0 Å². The van der Waals surface area contributed by atoms with Crippen molar-refractivity contribution in [3.05, 3.63) is 0 Å². The maximum atomic E-state index is 5.43. The van der Waals surface area contributed by atoms with Gasteiger partial charge in [0, 0.05) is 31.8 Å². The minimum atomic E-state index is 0.776. The van der Waals surface area contributed by atoms with Crippen LogP contribution in [0.2, 0.25) is 0 Å². The Bertz CT molecular complexity index is 240. The second-order valence-electron chi connectivity index (χ2n) is 5.97. The number of hydrogen-bond donors (Lipinski definition) is 1. The molecule has 3 aliphatic heterocycles. The molecule has 3 rings (SSSR count). The van der Waals surface area contributed by atoms with Crippen molar-refractivity contribution in [3.63, 3.8) is 0 Å². The maximum absolute atomic E-state index is 5.43. The first-order valence-corrected chi connectivity index (χ1v) is 7.48. The molecule has 3 saturated heterocycles. The molecule has 98 valence electrons. The number of nitrogens with one attached hydrogen (secondary N) is 1. The van der Waals surface area contributed by atoms with Gasteiger partial charge in [0.15, 0.2) is 0 Å². The minimum Gasteiger partial charge on any atom is -0.381 e. The van der Waals surface area contributed by atoms with E-state index in [1.165, 1.54) is 58.2 Å². The predicted octanol–water partition coefficient (Wildman–Crippen LogP) is 1.63. The SMILES string of the molecule is C1CCN2CCC(NCCC3CCOC3)C2C1. The first-order valence-electron chi connectivity index (χ1n) is 7.48. The lowest BCUT2D eigenvalue weighted by Gasteiger charge is -2.32. The molecule has 0 aromatic rings. The molecule has 1 N–H and O–H groups in total. The molecule has 0 aromatic carbocycles. The Kier molecular flexibility index (Phi) is 3.99. The van der Waals surface area contributed by atoms with Crippen LogP contribution in [0.3, 0.4) is 0 Å². The van der Waals surface area contributed by atoms with E-state index >= 15 is 0 Å². The van der Waals surface area contributed by atoms with Crippen molar-refractivity contribution in [1.29, 1.82) is 0 Å². The highest BCUT2D eigenvalue weighted by Gasteiger charge is 2.34. The summed E-state index contributed by atoms with van der Waals surface area (Å²) in [6.45, 7) is 5.86. The van der Waals surface area contributed by atoms with E-state index in [1.807, 2.05) is 0 Å². The fourth-order valence-electron chi connectivity index (χ4n) is 3.77. The van der Waals surface area contributed by atoms with Crippen LogP contribution in [0.1, 0.15) is 38.5 Å². The van der Waals surface area contributed by atoms with E-state index in [9.17, 15) is 0 Å². The molecule has 3 heteroatoms. The summed E-state index contributed by atoms with van der Waals surface area (Å²) < 4.78 is 5.43. The predicted molar refractivity (Wildman–Crippen MR) is 69.2 cm³/mol. The molecule has 17 heavy (non-hydrogen) atoms. The third-order valence-electron chi connectivity index (χ3n) is 4.84. The first-order chi connectivity index (χ1) is 8.43. The standard InChI is InChI=1S/C14H26N2O/c1-2-8-16-9-5-13(14(16)3-1)15-7-4-12-6-10-17-11-12/h12-15H,1-11H2. The summed E-state index contributed by atoms with van der Waals surface area (Å²) in [5.41, 5.74) is 0. The summed E-state index contributed by atoms with van der Waals surface area (Å²) in [4.78, 5) is 2.71. The summed E-state index contributed by atoms with van der Waals surface area (Å²) in [6, 6.07) is 1.63. The molecule has 0 aliphatic carbocycles. The van der Waals surface area contributed by atoms with Gasteiger partial charge in [0.1, 0.15) is 0 Å². The Morgan fingerprint density at radius 3 is 3.00 bits per heavy atom. The van der Waals surface area contributed by atoms with Crippen LogP contribution in [0.25, 0.3) is 0 Å². The monoisotopic (exact) mass is 238 g/mol. The van der Waals surface area contributed by atoms with E-state index in [-0.39, 0.29) is 0 Å². The molecular weight excluding hydrogens is 212 g/mol. The van der Waals surface area contributed by atoms with E-state index in [0.717, 1.165) is 31.2 Å². The molecular formula is C14H26N2O. The van der Waals surface area contributed by atoms with Gasteiger partial charge in [-0.1, -0.05) is 6.42 Å². The first kappa shape index (κ1) is 11.9. The quantitative estimate of drug-likeness (QED) is 0.805. The average molecular weight is 238 g/mol. The second kappa shape index (κ2) is 5.68. The number of nitrogens with zero attached hydrogens (tertiary/aromatic N) is 1. The average Bonchev–Trinajstić information content (AvgIpc) is 2.99. The third kappa shape index (κ3) is 2.83. The van der Waals surface area contributed by atoms with Crippen LogP contribution in [0, 0.1) is 5.92 Å². The Morgan fingerprint density at radius 2 is 2.12 bits per heavy atom. The van der Waals surface area contributed by atoms with Gasteiger partial charge in [0.2, 0.25) is 0 Å². The van der Waals surface area contributed by atoms with E-state index in [1.54, 1.807) is 0 Å². The normalized spacial score (nSPS) is 38.5. The lowest BCUT2D eigenvalue weighted by molar-refractivity contribution is 0.176. The molecule has 0 bridgehead atoms. The molecule has 3 aliphatic rings. The highest BCUT2D eigenvalue weighted by Crippen LogP contribution is 2.27. The summed E-state index contributed by atoms with van der Waals surface area (Å²) in [6.07, 6.45) is 8.24. The second-order valence-corrected chi connectivity index (χ2v) is 5.97. The Morgan fingerprint density at radius 1 is 1.12 bits per heavy atom. The number of ether oxygens (including phenoxy) is 1. The van der Waals surface area contributed by atoms with E-state index in [0.29, 0.717) is 0 Å². The molecule has 3 nitrogen and oxygen atoms in total. The molecule has 0 radical (unpaired) electrons. The lowest BCUT2D eigenvalue weighted by atomic mass is 9.98. The Hall–Kier alpha value is -0.120. The zero-order valence-electron chi connectivity index (χ0n) is 10.9. The summed E-state index contributed by atoms with van der Waals surface area (Å²) in [5, 5.41) is 3.81. The highest BCUT2D eigenvalue weighted by molar-refractivity contribution is 4.93. The zero-order valence-corrected chi connectivity index (χ0v) is 10.9. The van der Waals surface area contributed by atoms with Crippen molar-refractivity contribution >= 4 is 0 Å². The van der Waals surface area contributed by atoms with Gasteiger partial charge in [-0.15, -0.1) is 0 Å². The topological polar surface area (TPSA) is 24.5 Å². The molecule has 3 atom stereocenters. The van der Waals surface area contributed by atoms with Crippen LogP contribution in [-0.4, -0.2) is 49.8 Å². The maximum Gasteiger partial charge on any atom is 0.0495 e. The molecule has 0 amide bonds. The Balaban J connectivity index is 1.39. The largest absolute Gasteiger partial charge is 0.381 e. The van der Waals surface area contributed by atoms with Crippen LogP contribution in [-0.2, 0) is 4.74 Å². The number of rotatable bonds is 4. The van der Waals surface area contributed by atoms with Crippen LogP contribution < -0.4 is 5.32 Å². The molecule has 0 aromatic heterocycles. The van der Waals surface area contributed by atoms with Crippen molar-refractivity contribution < 1.29 is 4.74 Å². The van der Waals surface area contributed by atoms with E-state index in [4.69, 9.17) is 4.74 Å². The van der Waals surface area contributed by atoms with Crippen LogP contribution in [0.4, 0.5) is 0 Å². The molecule has 3 heterocycles. The molecule has 0 saturated carbocycles. The highest BCUT2D eigenvalue weighted by atomic mass is 16.5. The van der Waals surface area contributed by atoms with Gasteiger partial charge < -0.3 is 10.1 Å². The molecule has 0 spiro atoms. The van der Waals surface area contributed by atoms with Gasteiger partial charge in [0.05, 0.1) is 0 Å². The van der Waals surface area contributed by atoms with Crippen molar-refractivity contribution in [3.8, 4) is 0 Å². The van der Waals surface area contributed by atoms with Crippen molar-refractivity contribution in [1.82, 2.24) is 10.2 Å². The van der Waals surface area contributed by atoms with Gasteiger partial charge in [-0.25, -0.2) is 0 Å². The fourth-order valence-corrected chi connectivity index (χ4v) is 3.77. The van der Waals surface area contributed by atoms with Gasteiger partial charge in [-0.05, 0) is 51.1 Å². The van der Waals surface area contributed by atoms with Crippen molar-refractivity contribution in [2.24, 2.45) is 5.92 Å². The molecule has 3 unspecified atom stereocenters. The smallest absolute Gasteiger partial charge is 0.0495 e. The minimum absolute atomic E-state index is 0.776. The lowest BCUT2D eigenvalue weighted by Crippen LogP contribution is -2.45. The number of fused-ring (bicyclic) bond motifs is 1. The number of hydrogen-bond acceptors (Lipinski definition) is 3. The van der Waals surface area contributed by atoms with Gasteiger partial charge in [0.25, 0.3) is 0 Å². The van der Waals surface area contributed by atoms with Crippen molar-refractivity contribution in [2.75, 3.05) is 32.8 Å². The fraction of sp³-hybridized carbons (Fsp3) is 1.00. The third-order valence-corrected chi connectivity index (χ3v) is 4.84. The number of piperidine rings is 1. The van der Waals surface area contributed by atoms with Crippen LogP contribution in [0.15, 0.2) is 0 Å². The summed E-state index contributed by atoms with van der Waals surface area (Å²) >= 11 is 0. The summed E-state index contributed by atoms with van der Waals surface area (Å²) in [7, 11) is 0. The Labute approximate surface area is 105 Å². The zero-order chi connectivity index (χ0) is 11.5.